The second-order valence-corrected chi connectivity index (χ2v) is 2.30. The summed E-state index contributed by atoms with van der Waals surface area (Å²) in [7, 11) is 1.19. The van der Waals surface area contributed by atoms with Gasteiger partial charge in [-0.15, -0.1) is 0 Å². The maximum absolute atomic E-state index is 11.0. The normalized spacial score (nSPS) is 9.31. The Kier molecular flexibility index (Phi) is 2.59. The Bertz CT molecular complexity index is 348. The zero-order valence-electron chi connectivity index (χ0n) is 6.93. The summed E-state index contributed by atoms with van der Waals surface area (Å²) in [5.41, 5.74) is 0.146. The summed E-state index contributed by atoms with van der Waals surface area (Å²) in [6, 6.07) is 3.79. The van der Waals surface area contributed by atoms with Gasteiger partial charge in [0.15, 0.2) is 13.4 Å². The standard InChI is InChI=1S/C8H7NO4/c1-13-9(12)8-3-2-7(11)4-6(8)5-10/h2-5H,1H3/p+1. The summed E-state index contributed by atoms with van der Waals surface area (Å²) in [5, 5.41) is 9.00. The van der Waals surface area contributed by atoms with Crippen molar-refractivity contribution < 1.29 is 19.7 Å². The molecular weight excluding hydrogens is 174 g/mol. The molecule has 0 spiro atoms. The minimum atomic E-state index is -0.0737. The molecule has 5 heteroatoms. The van der Waals surface area contributed by atoms with E-state index in [1.807, 2.05) is 0 Å². The summed E-state index contributed by atoms with van der Waals surface area (Å²) in [5.74, 6) is -0.0737. The van der Waals surface area contributed by atoms with Crippen molar-refractivity contribution in [3.05, 3.63) is 28.7 Å². The molecule has 1 rings (SSSR count). The average Bonchev–Trinajstić information content (AvgIpc) is 2.16. The molecule has 0 saturated carbocycles. The lowest BCUT2D eigenvalue weighted by Crippen LogP contribution is -2.00. The molecule has 13 heavy (non-hydrogen) atoms. The molecule has 0 atom stereocenters. The maximum Gasteiger partial charge on any atom is 0.327 e. The van der Waals surface area contributed by atoms with Crippen molar-refractivity contribution in [3.8, 4) is 5.75 Å². The van der Waals surface area contributed by atoms with E-state index < -0.39 is 0 Å². The first-order valence-electron chi connectivity index (χ1n) is 3.48. The van der Waals surface area contributed by atoms with E-state index in [4.69, 9.17) is 5.11 Å². The van der Waals surface area contributed by atoms with Gasteiger partial charge < -0.3 is 5.11 Å². The molecule has 1 aromatic rings. The van der Waals surface area contributed by atoms with Gasteiger partial charge in [0.1, 0.15) is 11.3 Å². The molecule has 0 aromatic heterocycles. The van der Waals surface area contributed by atoms with E-state index in [9.17, 15) is 9.70 Å². The van der Waals surface area contributed by atoms with Crippen LogP contribution in [0.3, 0.4) is 0 Å². The summed E-state index contributed by atoms with van der Waals surface area (Å²) < 4.78 is 0. The lowest BCUT2D eigenvalue weighted by Gasteiger charge is -1.93. The van der Waals surface area contributed by atoms with Gasteiger partial charge in [-0.3, -0.25) is 4.79 Å². The SMILES string of the molecule is CO[N+](=O)c1ccc(O)cc1C=O. The lowest BCUT2D eigenvalue weighted by molar-refractivity contribution is -0.736. The molecule has 0 aliphatic rings. The number of phenols is 1. The van der Waals surface area contributed by atoms with Gasteiger partial charge in [-0.05, 0) is 12.1 Å². The Morgan fingerprint density at radius 1 is 1.54 bits per heavy atom. The molecule has 0 radical (unpaired) electrons. The molecule has 0 fully saturated rings. The summed E-state index contributed by atoms with van der Waals surface area (Å²) >= 11 is 0. The van der Waals surface area contributed by atoms with Crippen LogP contribution in [0, 0.1) is 4.91 Å². The molecule has 0 heterocycles. The highest BCUT2D eigenvalue weighted by atomic mass is 16.8. The van der Waals surface area contributed by atoms with Crippen molar-refractivity contribution in [2.24, 2.45) is 0 Å². The predicted molar refractivity (Wildman–Crippen MR) is 43.8 cm³/mol. The minimum absolute atomic E-state index is 0.0651. The molecule has 0 aliphatic heterocycles. The number of aldehydes is 1. The van der Waals surface area contributed by atoms with Crippen molar-refractivity contribution in [2.75, 3.05) is 7.11 Å². The number of hydrogen-bond acceptors (Lipinski definition) is 4. The topological polar surface area (TPSA) is 66.6 Å². The highest BCUT2D eigenvalue weighted by Crippen LogP contribution is 2.21. The summed E-state index contributed by atoms with van der Waals surface area (Å²) in [6.45, 7) is 0. The molecule has 1 N–H and O–H groups in total. The van der Waals surface area contributed by atoms with Gasteiger partial charge in [0.2, 0.25) is 0 Å². The van der Waals surface area contributed by atoms with Crippen molar-refractivity contribution in [2.45, 2.75) is 0 Å². The molecule has 1 aromatic carbocycles. The van der Waals surface area contributed by atoms with Crippen LogP contribution in [-0.2, 0) is 4.84 Å². The Hall–Kier alpha value is -1.91. The van der Waals surface area contributed by atoms with Gasteiger partial charge in [-0.1, -0.05) is 0 Å². The number of carbonyl (C=O) groups is 1. The monoisotopic (exact) mass is 182 g/mol. The number of carbonyl (C=O) groups excluding carboxylic acids is 1. The third-order valence-electron chi connectivity index (χ3n) is 1.50. The van der Waals surface area contributed by atoms with Crippen LogP contribution in [0.15, 0.2) is 18.2 Å². The van der Waals surface area contributed by atoms with Crippen molar-refractivity contribution in [1.29, 1.82) is 0 Å². The highest BCUT2D eigenvalue weighted by Gasteiger charge is 2.20. The predicted octanol–water partition coefficient (Wildman–Crippen LogP) is 1.18. The lowest BCUT2D eigenvalue weighted by atomic mass is 10.2. The Morgan fingerprint density at radius 2 is 2.23 bits per heavy atom. The van der Waals surface area contributed by atoms with Gasteiger partial charge >= 0.3 is 5.69 Å². The number of benzene rings is 1. The third kappa shape index (κ3) is 1.81. The molecule has 0 aliphatic carbocycles. The molecular formula is C8H8NO4+. The van der Waals surface area contributed by atoms with E-state index in [0.717, 1.165) is 0 Å². The summed E-state index contributed by atoms with van der Waals surface area (Å²) in [4.78, 5) is 26.0. The van der Waals surface area contributed by atoms with Crippen LogP contribution in [0.1, 0.15) is 10.4 Å². The fraction of sp³-hybridized carbons (Fsp3) is 0.125. The molecule has 0 amide bonds. The molecule has 68 valence electrons. The minimum Gasteiger partial charge on any atom is -0.508 e. The van der Waals surface area contributed by atoms with E-state index >= 15 is 0 Å². The van der Waals surface area contributed by atoms with E-state index in [1.54, 1.807) is 0 Å². The van der Waals surface area contributed by atoms with Gasteiger partial charge in [0, 0.05) is 6.07 Å². The number of aromatic hydroxyl groups is 1. The van der Waals surface area contributed by atoms with Crippen molar-refractivity contribution in [1.82, 2.24) is 0 Å². The van der Waals surface area contributed by atoms with Gasteiger partial charge in [-0.2, -0.15) is 0 Å². The quantitative estimate of drug-likeness (QED) is 0.563. The third-order valence-corrected chi connectivity index (χ3v) is 1.50. The number of rotatable bonds is 3. The Balaban J connectivity index is 3.20. The first-order valence-corrected chi connectivity index (χ1v) is 3.48. The van der Waals surface area contributed by atoms with Crippen LogP contribution < -0.4 is 0 Å². The maximum atomic E-state index is 11.0. The second-order valence-electron chi connectivity index (χ2n) is 2.30. The smallest absolute Gasteiger partial charge is 0.327 e. The molecule has 0 unspecified atom stereocenters. The van der Waals surface area contributed by atoms with E-state index in [0.29, 0.717) is 6.29 Å². The van der Waals surface area contributed by atoms with Crippen molar-refractivity contribution in [3.63, 3.8) is 0 Å². The number of hydrogen-bond donors (Lipinski definition) is 1. The fourth-order valence-electron chi connectivity index (χ4n) is 0.901. The van der Waals surface area contributed by atoms with Crippen LogP contribution in [-0.4, -0.2) is 23.4 Å². The van der Waals surface area contributed by atoms with E-state index in [2.05, 4.69) is 4.84 Å². The van der Waals surface area contributed by atoms with Gasteiger partial charge in [0.25, 0.3) is 4.92 Å². The highest BCUT2D eigenvalue weighted by molar-refractivity contribution is 5.81. The van der Waals surface area contributed by atoms with Crippen LogP contribution in [0.5, 0.6) is 5.75 Å². The second kappa shape index (κ2) is 3.66. The summed E-state index contributed by atoms with van der Waals surface area (Å²) in [6.07, 6.45) is 0.471. The molecule has 0 saturated heterocycles. The first kappa shape index (κ1) is 9.18. The first-order chi connectivity index (χ1) is 6.19. The Morgan fingerprint density at radius 3 is 2.77 bits per heavy atom. The van der Waals surface area contributed by atoms with E-state index in [1.165, 1.54) is 25.3 Å². The zero-order valence-corrected chi connectivity index (χ0v) is 6.93. The van der Waals surface area contributed by atoms with Gasteiger partial charge in [0.05, 0.1) is 4.91 Å². The van der Waals surface area contributed by atoms with Crippen molar-refractivity contribution >= 4 is 12.0 Å². The Labute approximate surface area is 74.1 Å². The average molecular weight is 182 g/mol. The van der Waals surface area contributed by atoms with Crippen LogP contribution >= 0.6 is 0 Å². The fourth-order valence-corrected chi connectivity index (χ4v) is 0.901. The van der Waals surface area contributed by atoms with Crippen LogP contribution in [0.4, 0.5) is 5.69 Å². The zero-order chi connectivity index (χ0) is 9.84. The molecule has 5 nitrogen and oxygen atoms in total. The van der Waals surface area contributed by atoms with E-state index in [-0.39, 0.29) is 21.9 Å². The largest absolute Gasteiger partial charge is 0.508 e. The van der Waals surface area contributed by atoms with Gasteiger partial charge in [-0.25, -0.2) is 4.84 Å². The number of nitrogens with zero attached hydrogens (tertiary/aromatic N) is 1. The number of phenolic OH excluding ortho intramolecular Hbond substituents is 1. The molecule has 0 bridgehead atoms. The van der Waals surface area contributed by atoms with Crippen LogP contribution in [0.25, 0.3) is 0 Å². The van der Waals surface area contributed by atoms with Crippen LogP contribution in [0.2, 0.25) is 0 Å².